The Hall–Kier alpha value is -1.54. The van der Waals surface area contributed by atoms with E-state index in [1.54, 1.807) is 18.7 Å². The fraction of sp³-hybridized carbons (Fsp3) is 0.550. The number of thioether (sulfide) groups is 1. The van der Waals surface area contributed by atoms with Crippen molar-refractivity contribution in [3.05, 3.63) is 35.9 Å². The first kappa shape index (κ1) is 21.8. The lowest BCUT2D eigenvalue weighted by Gasteiger charge is -2.31. The Kier molecular flexibility index (Phi) is 9.69. The highest BCUT2D eigenvalue weighted by atomic mass is 32.2. The molecule has 1 aliphatic heterocycles. The van der Waals surface area contributed by atoms with Gasteiger partial charge in [0.15, 0.2) is 0 Å². The number of hydroxylamine groups is 1. The van der Waals surface area contributed by atoms with Crippen LogP contribution in [0.4, 0.5) is 0 Å². The molecule has 1 aliphatic rings. The number of ether oxygens (including phenoxy) is 2. The second kappa shape index (κ2) is 12.0. The van der Waals surface area contributed by atoms with E-state index in [1.807, 2.05) is 0 Å². The molecule has 0 saturated carbocycles. The molecule has 6 nitrogen and oxygen atoms in total. The molecule has 2 rings (SSSR count). The van der Waals surface area contributed by atoms with Crippen LogP contribution < -0.4 is 5.48 Å². The van der Waals surface area contributed by atoms with Crippen molar-refractivity contribution in [3.8, 4) is 0 Å². The second-order valence-electron chi connectivity index (χ2n) is 6.20. The Morgan fingerprint density at radius 3 is 2.67 bits per heavy atom. The SMILES string of the molecule is CCOC(=O)CCONC(=CC(C)N1CCOCC1)c1ccc(SC)cc1. The van der Waals surface area contributed by atoms with Gasteiger partial charge in [0, 0.05) is 24.0 Å². The summed E-state index contributed by atoms with van der Waals surface area (Å²) in [5.74, 6) is -0.254. The van der Waals surface area contributed by atoms with Crippen molar-refractivity contribution in [2.75, 3.05) is 45.8 Å². The molecule has 1 aromatic carbocycles. The van der Waals surface area contributed by atoms with Crippen molar-refractivity contribution in [2.45, 2.75) is 31.2 Å². The minimum atomic E-state index is -0.254. The molecule has 27 heavy (non-hydrogen) atoms. The highest BCUT2D eigenvalue weighted by Crippen LogP contribution is 2.20. The summed E-state index contributed by atoms with van der Waals surface area (Å²) in [6.45, 7) is 7.96. The van der Waals surface area contributed by atoms with E-state index in [1.165, 1.54) is 4.90 Å². The van der Waals surface area contributed by atoms with E-state index >= 15 is 0 Å². The van der Waals surface area contributed by atoms with Gasteiger partial charge in [0.05, 0.1) is 38.5 Å². The normalized spacial score (nSPS) is 16.8. The maximum atomic E-state index is 11.4. The molecule has 1 unspecified atom stereocenters. The third-order valence-electron chi connectivity index (χ3n) is 4.33. The third-order valence-corrected chi connectivity index (χ3v) is 5.07. The van der Waals surface area contributed by atoms with Gasteiger partial charge in [-0.25, -0.2) is 0 Å². The first-order valence-corrected chi connectivity index (χ1v) is 10.6. The molecule has 1 N–H and O–H groups in total. The van der Waals surface area contributed by atoms with E-state index in [0.717, 1.165) is 37.6 Å². The number of esters is 1. The molecule has 0 spiro atoms. The molecule has 0 aromatic heterocycles. The van der Waals surface area contributed by atoms with E-state index in [9.17, 15) is 4.79 Å². The standard InChI is InChI=1S/C20H30N2O4S/c1-4-25-20(23)9-12-26-21-19(17-5-7-18(27-3)8-6-17)15-16(2)22-10-13-24-14-11-22/h5-8,15-16,21H,4,9-14H2,1-3H3. The van der Waals surface area contributed by atoms with Crippen molar-refractivity contribution in [1.82, 2.24) is 10.4 Å². The summed E-state index contributed by atoms with van der Waals surface area (Å²) >= 11 is 1.71. The highest BCUT2D eigenvalue weighted by Gasteiger charge is 2.16. The van der Waals surface area contributed by atoms with Crippen LogP contribution in [0.3, 0.4) is 0 Å². The minimum absolute atomic E-state index is 0.221. The van der Waals surface area contributed by atoms with E-state index in [0.29, 0.717) is 6.61 Å². The van der Waals surface area contributed by atoms with Gasteiger partial charge >= 0.3 is 5.97 Å². The first-order valence-electron chi connectivity index (χ1n) is 9.35. The van der Waals surface area contributed by atoms with Gasteiger partial charge in [-0.3, -0.25) is 20.0 Å². The van der Waals surface area contributed by atoms with Crippen LogP contribution >= 0.6 is 11.8 Å². The molecule has 0 aliphatic carbocycles. The molecule has 1 heterocycles. The largest absolute Gasteiger partial charge is 0.466 e. The molecule has 1 fully saturated rings. The summed E-state index contributed by atoms with van der Waals surface area (Å²) in [7, 11) is 0. The Balaban J connectivity index is 2.02. The van der Waals surface area contributed by atoms with Crippen molar-refractivity contribution >= 4 is 23.4 Å². The van der Waals surface area contributed by atoms with E-state index in [-0.39, 0.29) is 25.0 Å². The number of hydrogen-bond donors (Lipinski definition) is 1. The van der Waals surface area contributed by atoms with E-state index in [4.69, 9.17) is 14.3 Å². The molecule has 150 valence electrons. The monoisotopic (exact) mass is 394 g/mol. The molecule has 0 amide bonds. The molecule has 1 saturated heterocycles. The predicted octanol–water partition coefficient (Wildman–Crippen LogP) is 2.94. The Morgan fingerprint density at radius 2 is 2.04 bits per heavy atom. The second-order valence-corrected chi connectivity index (χ2v) is 7.08. The molecule has 0 bridgehead atoms. The number of nitrogens with one attached hydrogen (secondary N) is 1. The van der Waals surface area contributed by atoms with Gasteiger partial charge in [-0.2, -0.15) is 0 Å². The van der Waals surface area contributed by atoms with Crippen molar-refractivity contribution in [1.29, 1.82) is 0 Å². The van der Waals surface area contributed by atoms with Crippen molar-refractivity contribution < 1.29 is 19.1 Å². The topological polar surface area (TPSA) is 60.0 Å². The summed E-state index contributed by atoms with van der Waals surface area (Å²) in [6, 6.07) is 8.57. The quantitative estimate of drug-likeness (QED) is 0.283. The Morgan fingerprint density at radius 1 is 1.33 bits per heavy atom. The zero-order valence-electron chi connectivity index (χ0n) is 16.4. The van der Waals surface area contributed by atoms with Crippen LogP contribution in [0.1, 0.15) is 25.8 Å². The van der Waals surface area contributed by atoms with Crippen LogP contribution in [-0.2, 0) is 19.1 Å². The molecule has 0 radical (unpaired) electrons. The number of rotatable bonds is 10. The summed E-state index contributed by atoms with van der Waals surface area (Å²) < 4.78 is 10.4. The van der Waals surface area contributed by atoms with Crippen LogP contribution in [0.15, 0.2) is 35.2 Å². The number of morpholine rings is 1. The molecule has 7 heteroatoms. The molecular weight excluding hydrogens is 364 g/mol. The van der Waals surface area contributed by atoms with E-state index in [2.05, 4.69) is 53.9 Å². The third kappa shape index (κ3) is 7.54. The van der Waals surface area contributed by atoms with Crippen LogP contribution in [0, 0.1) is 0 Å². The number of nitrogens with zero attached hydrogens (tertiary/aromatic N) is 1. The van der Waals surface area contributed by atoms with Gasteiger partial charge in [0.2, 0.25) is 0 Å². The number of carbonyl (C=O) groups excluding carboxylic acids is 1. The van der Waals surface area contributed by atoms with Gasteiger partial charge < -0.3 is 9.47 Å². The number of carbonyl (C=O) groups is 1. The number of hydrogen-bond acceptors (Lipinski definition) is 7. The molecule has 1 aromatic rings. The predicted molar refractivity (Wildman–Crippen MR) is 108 cm³/mol. The first-order chi connectivity index (χ1) is 13.1. The van der Waals surface area contributed by atoms with Crippen LogP contribution in [-0.4, -0.2) is 62.7 Å². The van der Waals surface area contributed by atoms with Crippen LogP contribution in [0.25, 0.3) is 5.70 Å². The maximum Gasteiger partial charge on any atom is 0.308 e. The lowest BCUT2D eigenvalue weighted by molar-refractivity contribution is -0.144. The van der Waals surface area contributed by atoms with Crippen LogP contribution in [0.5, 0.6) is 0 Å². The van der Waals surface area contributed by atoms with Gasteiger partial charge in [-0.15, -0.1) is 11.8 Å². The fourth-order valence-electron chi connectivity index (χ4n) is 2.79. The highest BCUT2D eigenvalue weighted by molar-refractivity contribution is 7.98. The van der Waals surface area contributed by atoms with Gasteiger partial charge in [-0.05, 0) is 43.9 Å². The molecular formula is C20H30N2O4S. The average Bonchev–Trinajstić information content (AvgIpc) is 2.71. The lowest BCUT2D eigenvalue weighted by atomic mass is 10.1. The van der Waals surface area contributed by atoms with Crippen molar-refractivity contribution in [2.24, 2.45) is 0 Å². The summed E-state index contributed by atoms with van der Waals surface area (Å²) in [5.41, 5.74) is 4.97. The number of benzene rings is 1. The van der Waals surface area contributed by atoms with Gasteiger partial charge in [-0.1, -0.05) is 12.1 Å². The summed E-state index contributed by atoms with van der Waals surface area (Å²) in [4.78, 5) is 20.6. The smallest absolute Gasteiger partial charge is 0.308 e. The summed E-state index contributed by atoms with van der Waals surface area (Å²) in [6.07, 6.45) is 4.44. The summed E-state index contributed by atoms with van der Waals surface area (Å²) in [5, 5.41) is 0. The fourth-order valence-corrected chi connectivity index (χ4v) is 3.20. The van der Waals surface area contributed by atoms with Gasteiger partial charge in [0.25, 0.3) is 0 Å². The van der Waals surface area contributed by atoms with Crippen molar-refractivity contribution in [3.63, 3.8) is 0 Å². The average molecular weight is 395 g/mol. The molecule has 1 atom stereocenters. The lowest BCUT2D eigenvalue weighted by Crippen LogP contribution is -2.41. The minimum Gasteiger partial charge on any atom is -0.466 e. The zero-order chi connectivity index (χ0) is 19.5. The van der Waals surface area contributed by atoms with E-state index < -0.39 is 0 Å². The Bertz CT molecular complexity index is 601. The Labute approximate surface area is 166 Å². The van der Waals surface area contributed by atoms with Crippen LogP contribution in [0.2, 0.25) is 0 Å². The maximum absolute atomic E-state index is 11.4. The van der Waals surface area contributed by atoms with Gasteiger partial charge in [0.1, 0.15) is 0 Å². The zero-order valence-corrected chi connectivity index (χ0v) is 17.2.